The fourth-order valence-electron chi connectivity index (χ4n) is 1.26. The first-order valence-electron chi connectivity index (χ1n) is 4.83. The minimum absolute atomic E-state index is 0.0338. The lowest BCUT2D eigenvalue weighted by Gasteiger charge is -2.06. The summed E-state index contributed by atoms with van der Waals surface area (Å²) in [6.45, 7) is 1.88. The maximum atomic E-state index is 8.71. The summed E-state index contributed by atoms with van der Waals surface area (Å²) < 4.78 is 0. The number of nitrogens with zero attached hydrogens (tertiary/aromatic N) is 3. The van der Waals surface area contributed by atoms with Gasteiger partial charge in [-0.25, -0.2) is 9.97 Å². The van der Waals surface area contributed by atoms with Crippen molar-refractivity contribution in [2.45, 2.75) is 17.1 Å². The Morgan fingerprint density at radius 3 is 3.00 bits per heavy atom. The molecule has 0 aromatic carbocycles. The van der Waals surface area contributed by atoms with Crippen LogP contribution in [0.5, 0.6) is 0 Å². The van der Waals surface area contributed by atoms with Crippen LogP contribution >= 0.6 is 11.8 Å². The van der Waals surface area contributed by atoms with Gasteiger partial charge in [0.2, 0.25) is 0 Å². The van der Waals surface area contributed by atoms with Crippen LogP contribution in [0, 0.1) is 6.92 Å². The zero-order valence-electron chi connectivity index (χ0n) is 9.08. The van der Waals surface area contributed by atoms with E-state index >= 15 is 0 Å². The summed E-state index contributed by atoms with van der Waals surface area (Å²) in [5.74, 6) is 0.0338. The van der Waals surface area contributed by atoms with E-state index in [1.165, 1.54) is 11.8 Å². The largest absolute Gasteiger partial charge is 0.409 e. The third-order valence-corrected chi connectivity index (χ3v) is 2.97. The molecule has 0 saturated heterocycles. The number of oxime groups is 1. The predicted molar refractivity (Wildman–Crippen MR) is 64.2 cm³/mol. The van der Waals surface area contributed by atoms with E-state index in [1.54, 1.807) is 24.5 Å². The summed E-state index contributed by atoms with van der Waals surface area (Å²) >= 11 is 1.33. The topological polar surface area (TPSA) is 100 Å². The molecule has 7 heteroatoms. The lowest BCUT2D eigenvalue weighted by atomic mass is 10.2. The lowest BCUT2D eigenvalue weighted by molar-refractivity contribution is 0.318. The average molecular weight is 249 g/mol. The number of amidine groups is 1. The summed E-state index contributed by atoms with van der Waals surface area (Å²) in [5.41, 5.74) is 7.03. The first-order valence-corrected chi connectivity index (χ1v) is 5.65. The summed E-state index contributed by atoms with van der Waals surface area (Å²) in [6, 6.07) is 3.57. The van der Waals surface area contributed by atoms with Gasteiger partial charge in [-0.15, -0.1) is 0 Å². The Morgan fingerprint density at radius 2 is 2.35 bits per heavy atom. The van der Waals surface area contributed by atoms with Crippen LogP contribution in [0.4, 0.5) is 0 Å². The first kappa shape index (κ1) is 11.5. The quantitative estimate of drug-likeness (QED) is 0.330. The fraction of sp³-hybridized carbons (Fsp3) is 0.100. The average Bonchev–Trinajstić information content (AvgIpc) is 2.81. The van der Waals surface area contributed by atoms with Gasteiger partial charge in [-0.05, 0) is 30.8 Å². The Morgan fingerprint density at radius 1 is 1.53 bits per heavy atom. The van der Waals surface area contributed by atoms with Gasteiger partial charge in [-0.3, -0.25) is 0 Å². The van der Waals surface area contributed by atoms with Crippen molar-refractivity contribution in [2.75, 3.05) is 0 Å². The van der Waals surface area contributed by atoms with Crippen molar-refractivity contribution in [3.05, 3.63) is 35.8 Å². The number of hydrogen-bond acceptors (Lipinski definition) is 5. The van der Waals surface area contributed by atoms with Crippen molar-refractivity contribution in [1.82, 2.24) is 15.0 Å². The number of pyridine rings is 1. The Hall–Kier alpha value is -2.02. The van der Waals surface area contributed by atoms with Gasteiger partial charge in [-0.2, -0.15) is 0 Å². The van der Waals surface area contributed by atoms with Gasteiger partial charge >= 0.3 is 0 Å². The SMILES string of the molecule is Cc1ccc(/C(N)=N/O)c(Sc2ncc[nH]2)n1. The van der Waals surface area contributed by atoms with Gasteiger partial charge in [0, 0.05) is 18.1 Å². The van der Waals surface area contributed by atoms with Crippen LogP contribution in [0.1, 0.15) is 11.3 Å². The Labute approximate surface area is 102 Å². The molecule has 0 aliphatic rings. The van der Waals surface area contributed by atoms with Crippen molar-refractivity contribution in [1.29, 1.82) is 0 Å². The molecular weight excluding hydrogens is 238 g/mol. The molecule has 17 heavy (non-hydrogen) atoms. The highest BCUT2D eigenvalue weighted by atomic mass is 32.2. The molecule has 88 valence electrons. The van der Waals surface area contributed by atoms with Crippen molar-refractivity contribution in [2.24, 2.45) is 10.9 Å². The molecule has 0 aliphatic carbocycles. The van der Waals surface area contributed by atoms with Crippen LogP contribution in [0.2, 0.25) is 0 Å². The van der Waals surface area contributed by atoms with Crippen LogP contribution < -0.4 is 5.73 Å². The van der Waals surface area contributed by atoms with E-state index in [2.05, 4.69) is 20.1 Å². The van der Waals surface area contributed by atoms with E-state index in [4.69, 9.17) is 10.9 Å². The number of rotatable bonds is 3. The second kappa shape index (κ2) is 4.88. The number of aryl methyl sites for hydroxylation is 1. The van der Waals surface area contributed by atoms with Gasteiger partial charge in [0.05, 0.1) is 5.56 Å². The van der Waals surface area contributed by atoms with Crippen molar-refractivity contribution in [3.8, 4) is 0 Å². The van der Waals surface area contributed by atoms with E-state index in [-0.39, 0.29) is 5.84 Å². The summed E-state index contributed by atoms with van der Waals surface area (Å²) in [6.07, 6.45) is 3.38. The molecule has 0 saturated carbocycles. The smallest absolute Gasteiger partial charge is 0.172 e. The fourth-order valence-corrected chi connectivity index (χ4v) is 2.15. The zero-order valence-corrected chi connectivity index (χ0v) is 9.90. The predicted octanol–water partition coefficient (Wildman–Crippen LogP) is 1.36. The highest BCUT2D eigenvalue weighted by molar-refractivity contribution is 7.99. The van der Waals surface area contributed by atoms with Gasteiger partial charge in [0.1, 0.15) is 5.03 Å². The molecule has 0 atom stereocenters. The second-order valence-corrected chi connectivity index (χ2v) is 4.26. The standard InChI is InChI=1S/C10H11N5OS/c1-6-2-3-7(8(11)15-16)9(14-6)17-10-12-4-5-13-10/h2-5,16H,1H3,(H2,11,15)(H,12,13). The Kier molecular flexibility index (Phi) is 3.29. The Balaban J connectivity index is 2.40. The molecular formula is C10H11N5OS. The van der Waals surface area contributed by atoms with Crippen LogP contribution in [-0.2, 0) is 0 Å². The molecule has 2 aromatic rings. The van der Waals surface area contributed by atoms with E-state index < -0.39 is 0 Å². The highest BCUT2D eigenvalue weighted by Gasteiger charge is 2.11. The molecule has 0 bridgehead atoms. The highest BCUT2D eigenvalue weighted by Crippen LogP contribution is 2.26. The molecule has 0 unspecified atom stereocenters. The molecule has 4 N–H and O–H groups in total. The van der Waals surface area contributed by atoms with Crippen LogP contribution in [0.15, 0.2) is 39.9 Å². The third-order valence-electron chi connectivity index (χ3n) is 2.05. The third kappa shape index (κ3) is 2.56. The van der Waals surface area contributed by atoms with E-state index in [0.29, 0.717) is 15.7 Å². The molecule has 6 nitrogen and oxygen atoms in total. The number of aromatic amines is 1. The molecule has 0 fully saturated rings. The van der Waals surface area contributed by atoms with E-state index in [1.807, 2.05) is 6.92 Å². The summed E-state index contributed by atoms with van der Waals surface area (Å²) in [7, 11) is 0. The van der Waals surface area contributed by atoms with Gasteiger partial charge in [0.15, 0.2) is 11.0 Å². The van der Waals surface area contributed by atoms with E-state index in [0.717, 1.165) is 5.69 Å². The van der Waals surface area contributed by atoms with Crippen LogP contribution in [-0.4, -0.2) is 26.0 Å². The van der Waals surface area contributed by atoms with E-state index in [9.17, 15) is 0 Å². The van der Waals surface area contributed by atoms with Crippen molar-refractivity contribution in [3.63, 3.8) is 0 Å². The number of aromatic nitrogens is 3. The van der Waals surface area contributed by atoms with Gasteiger partial charge < -0.3 is 15.9 Å². The van der Waals surface area contributed by atoms with Crippen molar-refractivity contribution < 1.29 is 5.21 Å². The van der Waals surface area contributed by atoms with Crippen LogP contribution in [0.25, 0.3) is 0 Å². The molecule has 0 spiro atoms. The molecule has 0 amide bonds. The summed E-state index contributed by atoms with van der Waals surface area (Å²) in [5, 5.41) is 13.1. The van der Waals surface area contributed by atoms with Crippen LogP contribution in [0.3, 0.4) is 0 Å². The van der Waals surface area contributed by atoms with Gasteiger partial charge in [-0.1, -0.05) is 5.16 Å². The first-order chi connectivity index (χ1) is 8.20. The molecule has 0 aliphatic heterocycles. The number of hydrogen-bond donors (Lipinski definition) is 3. The zero-order chi connectivity index (χ0) is 12.3. The maximum Gasteiger partial charge on any atom is 0.172 e. The van der Waals surface area contributed by atoms with Gasteiger partial charge in [0.25, 0.3) is 0 Å². The monoisotopic (exact) mass is 249 g/mol. The minimum atomic E-state index is 0.0338. The second-order valence-electron chi connectivity index (χ2n) is 3.29. The lowest BCUT2D eigenvalue weighted by Crippen LogP contribution is -2.15. The Bertz CT molecular complexity index is 538. The number of nitrogens with two attached hydrogens (primary N) is 1. The molecule has 2 heterocycles. The normalized spacial score (nSPS) is 11.7. The summed E-state index contributed by atoms with van der Waals surface area (Å²) in [4.78, 5) is 11.4. The minimum Gasteiger partial charge on any atom is -0.409 e. The number of H-pyrrole nitrogens is 1. The molecule has 2 aromatic heterocycles. The molecule has 0 radical (unpaired) electrons. The van der Waals surface area contributed by atoms with Crippen molar-refractivity contribution >= 4 is 17.6 Å². The number of imidazole rings is 1. The maximum absolute atomic E-state index is 8.71. The molecule has 2 rings (SSSR count). The number of nitrogens with one attached hydrogen (secondary N) is 1.